The van der Waals surface area contributed by atoms with Gasteiger partial charge in [0.15, 0.2) is 0 Å². The van der Waals surface area contributed by atoms with Gasteiger partial charge in [-0.15, -0.1) is 0 Å². The lowest BCUT2D eigenvalue weighted by Gasteiger charge is -2.04. The monoisotopic (exact) mass is 245 g/mol. The number of hydrogen-bond acceptors (Lipinski definition) is 2. The second-order valence-corrected chi connectivity index (χ2v) is 4.64. The molecule has 1 aromatic heterocycles. The van der Waals surface area contributed by atoms with Gasteiger partial charge in [0, 0.05) is 12.1 Å². The Balaban J connectivity index is 1.95. The topological polar surface area (TPSA) is 29.1 Å². The zero-order valence-electron chi connectivity index (χ0n) is 9.77. The lowest BCUT2D eigenvalue weighted by atomic mass is 10.1. The van der Waals surface area contributed by atoms with E-state index in [9.17, 15) is 4.79 Å². The van der Waals surface area contributed by atoms with E-state index in [0.717, 1.165) is 17.5 Å². The molecule has 0 saturated carbocycles. The van der Waals surface area contributed by atoms with Crippen LogP contribution in [0.5, 0.6) is 0 Å². The number of hydrogen-bond donors (Lipinski definition) is 1. The molecule has 0 aliphatic heterocycles. The van der Waals surface area contributed by atoms with Crippen LogP contribution < -0.4 is 5.32 Å². The van der Waals surface area contributed by atoms with Gasteiger partial charge in [0.25, 0.3) is 5.91 Å². The highest BCUT2D eigenvalue weighted by molar-refractivity contribution is 7.07. The van der Waals surface area contributed by atoms with Crippen molar-refractivity contribution in [2.24, 2.45) is 0 Å². The third-order valence-corrected chi connectivity index (χ3v) is 3.39. The van der Waals surface area contributed by atoms with Crippen LogP contribution in [0.25, 0.3) is 0 Å². The molecule has 1 aromatic carbocycles. The highest BCUT2D eigenvalue weighted by Gasteiger charge is 2.04. The lowest BCUT2D eigenvalue weighted by Crippen LogP contribution is -2.22. The molecule has 0 bridgehead atoms. The maximum absolute atomic E-state index is 11.8. The molecule has 0 atom stereocenters. The molecule has 1 N–H and O–H groups in total. The van der Waals surface area contributed by atoms with Crippen molar-refractivity contribution in [2.45, 2.75) is 19.9 Å². The van der Waals surface area contributed by atoms with Gasteiger partial charge in [0.1, 0.15) is 0 Å². The predicted octanol–water partition coefficient (Wildman–Crippen LogP) is 3.24. The van der Waals surface area contributed by atoms with Crippen LogP contribution in [0, 0.1) is 0 Å². The molecule has 2 nitrogen and oxygen atoms in total. The maximum atomic E-state index is 11.8. The number of carbonyl (C=O) groups is 1. The zero-order valence-corrected chi connectivity index (χ0v) is 10.6. The largest absolute Gasteiger partial charge is 0.348 e. The summed E-state index contributed by atoms with van der Waals surface area (Å²) >= 11 is 1.64. The van der Waals surface area contributed by atoms with Crippen molar-refractivity contribution in [3.05, 3.63) is 57.8 Å². The molecule has 2 rings (SSSR count). The van der Waals surface area contributed by atoms with Gasteiger partial charge in [-0.25, -0.2) is 0 Å². The summed E-state index contributed by atoms with van der Waals surface area (Å²) in [6.07, 6.45) is 0.997. The summed E-state index contributed by atoms with van der Waals surface area (Å²) in [5.74, 6) is -0.0150. The highest BCUT2D eigenvalue weighted by Crippen LogP contribution is 2.07. The minimum absolute atomic E-state index is 0.0150. The smallest absolute Gasteiger partial charge is 0.251 e. The number of amides is 1. The first-order chi connectivity index (χ1) is 8.29. The lowest BCUT2D eigenvalue weighted by molar-refractivity contribution is 0.0951. The minimum atomic E-state index is -0.0150. The Hall–Kier alpha value is -1.61. The molecular weight excluding hydrogens is 230 g/mol. The van der Waals surface area contributed by atoms with Crippen molar-refractivity contribution in [3.63, 3.8) is 0 Å². The number of rotatable bonds is 4. The second-order valence-electron chi connectivity index (χ2n) is 3.86. The van der Waals surface area contributed by atoms with E-state index in [0.29, 0.717) is 6.54 Å². The fourth-order valence-corrected chi connectivity index (χ4v) is 2.24. The van der Waals surface area contributed by atoms with Gasteiger partial charge in [-0.3, -0.25) is 4.79 Å². The average molecular weight is 245 g/mol. The maximum Gasteiger partial charge on any atom is 0.251 e. The summed E-state index contributed by atoms with van der Waals surface area (Å²) in [5.41, 5.74) is 3.12. The van der Waals surface area contributed by atoms with E-state index >= 15 is 0 Å². The quantitative estimate of drug-likeness (QED) is 0.880. The predicted molar refractivity (Wildman–Crippen MR) is 71.3 cm³/mol. The molecule has 1 heterocycles. The molecule has 3 heteroatoms. The van der Waals surface area contributed by atoms with Gasteiger partial charge >= 0.3 is 0 Å². The number of carbonyl (C=O) groups excluding carboxylic acids is 1. The fourth-order valence-electron chi connectivity index (χ4n) is 1.57. The van der Waals surface area contributed by atoms with Gasteiger partial charge in [-0.1, -0.05) is 19.1 Å². The van der Waals surface area contributed by atoms with Crippen LogP contribution in [0.2, 0.25) is 0 Å². The first-order valence-corrected chi connectivity index (χ1v) is 6.62. The molecule has 0 aliphatic carbocycles. The Labute approximate surface area is 105 Å². The summed E-state index contributed by atoms with van der Waals surface area (Å²) in [7, 11) is 0. The van der Waals surface area contributed by atoms with Crippen molar-refractivity contribution >= 4 is 17.2 Å². The summed E-state index contributed by atoms with van der Waals surface area (Å²) in [5, 5.41) is 6.96. The first-order valence-electron chi connectivity index (χ1n) is 5.68. The van der Waals surface area contributed by atoms with Crippen LogP contribution in [0.15, 0.2) is 41.1 Å². The molecule has 88 valence electrons. The molecule has 0 fully saturated rings. The molecule has 0 unspecified atom stereocenters. The summed E-state index contributed by atoms with van der Waals surface area (Å²) in [4.78, 5) is 11.8. The number of aryl methyl sites for hydroxylation is 1. The van der Waals surface area contributed by atoms with Crippen molar-refractivity contribution in [1.82, 2.24) is 5.32 Å². The average Bonchev–Trinajstić information content (AvgIpc) is 2.89. The molecule has 1 amide bonds. The van der Waals surface area contributed by atoms with Gasteiger partial charge in [-0.2, -0.15) is 11.3 Å². The number of nitrogens with one attached hydrogen (secondary N) is 1. The Bertz CT molecular complexity index is 473. The van der Waals surface area contributed by atoms with Crippen LogP contribution in [0.1, 0.15) is 28.4 Å². The third kappa shape index (κ3) is 3.17. The van der Waals surface area contributed by atoms with Crippen molar-refractivity contribution in [3.8, 4) is 0 Å². The van der Waals surface area contributed by atoms with E-state index < -0.39 is 0 Å². The highest BCUT2D eigenvalue weighted by atomic mass is 32.1. The van der Waals surface area contributed by atoms with Crippen LogP contribution in [-0.2, 0) is 13.0 Å². The third-order valence-electron chi connectivity index (χ3n) is 2.66. The molecule has 0 aliphatic rings. The van der Waals surface area contributed by atoms with E-state index in [1.165, 1.54) is 5.56 Å². The van der Waals surface area contributed by atoms with Crippen LogP contribution in [-0.4, -0.2) is 5.91 Å². The van der Waals surface area contributed by atoms with Gasteiger partial charge in [-0.05, 0) is 46.5 Å². The second kappa shape index (κ2) is 5.64. The minimum Gasteiger partial charge on any atom is -0.348 e. The Morgan fingerprint density at radius 1 is 1.18 bits per heavy atom. The van der Waals surface area contributed by atoms with E-state index in [4.69, 9.17) is 0 Å². The Morgan fingerprint density at radius 3 is 2.53 bits per heavy atom. The van der Waals surface area contributed by atoms with E-state index in [2.05, 4.69) is 12.2 Å². The number of benzene rings is 1. The van der Waals surface area contributed by atoms with Gasteiger partial charge in [0.05, 0.1) is 0 Å². The van der Waals surface area contributed by atoms with Gasteiger partial charge in [0.2, 0.25) is 0 Å². The van der Waals surface area contributed by atoms with Crippen molar-refractivity contribution < 1.29 is 4.79 Å². The first kappa shape index (κ1) is 11.9. The van der Waals surface area contributed by atoms with Crippen LogP contribution >= 0.6 is 11.3 Å². The molecule has 0 spiro atoms. The zero-order chi connectivity index (χ0) is 12.1. The molecule has 17 heavy (non-hydrogen) atoms. The standard InChI is InChI=1S/C14H15NOS/c1-2-11-3-5-13(6-4-11)14(16)15-9-12-7-8-17-10-12/h3-8,10H,2,9H2,1H3,(H,15,16). The molecule has 2 aromatic rings. The van der Waals surface area contributed by atoms with Crippen molar-refractivity contribution in [2.75, 3.05) is 0 Å². The van der Waals surface area contributed by atoms with E-state index in [1.54, 1.807) is 11.3 Å². The van der Waals surface area contributed by atoms with E-state index in [1.807, 2.05) is 41.1 Å². The fraction of sp³-hybridized carbons (Fsp3) is 0.214. The molecule has 0 saturated heterocycles. The number of thiophene rings is 1. The van der Waals surface area contributed by atoms with Crippen LogP contribution in [0.4, 0.5) is 0 Å². The molecular formula is C14H15NOS. The summed E-state index contributed by atoms with van der Waals surface area (Å²) in [6, 6.07) is 9.77. The summed E-state index contributed by atoms with van der Waals surface area (Å²) in [6.45, 7) is 2.70. The Morgan fingerprint density at radius 2 is 1.94 bits per heavy atom. The normalized spacial score (nSPS) is 10.2. The van der Waals surface area contributed by atoms with Crippen molar-refractivity contribution in [1.29, 1.82) is 0 Å². The van der Waals surface area contributed by atoms with E-state index in [-0.39, 0.29) is 5.91 Å². The van der Waals surface area contributed by atoms with Gasteiger partial charge < -0.3 is 5.32 Å². The van der Waals surface area contributed by atoms with Crippen LogP contribution in [0.3, 0.4) is 0 Å². The molecule has 0 radical (unpaired) electrons. The Kier molecular flexibility index (Phi) is 3.94. The summed E-state index contributed by atoms with van der Waals surface area (Å²) < 4.78 is 0. The SMILES string of the molecule is CCc1ccc(C(=O)NCc2ccsc2)cc1.